The van der Waals surface area contributed by atoms with Crippen LogP contribution >= 0.6 is 11.8 Å². The van der Waals surface area contributed by atoms with Crippen LogP contribution < -0.4 is 10.6 Å². The summed E-state index contributed by atoms with van der Waals surface area (Å²) in [5, 5.41) is 15.3. The maximum absolute atomic E-state index is 12.2. The van der Waals surface area contributed by atoms with Gasteiger partial charge in [-0.3, -0.25) is 9.69 Å². The minimum absolute atomic E-state index is 0.0554. The molecule has 1 fully saturated rings. The van der Waals surface area contributed by atoms with E-state index in [1.807, 2.05) is 36.1 Å². The molecule has 1 saturated carbocycles. The molecule has 0 heterocycles. The first-order chi connectivity index (χ1) is 11.9. The van der Waals surface area contributed by atoms with E-state index in [9.17, 15) is 9.59 Å². The molecule has 138 valence electrons. The first-order valence-electron chi connectivity index (χ1n) is 8.68. The van der Waals surface area contributed by atoms with Crippen molar-refractivity contribution in [2.24, 2.45) is 0 Å². The standard InChI is InChI=1S/C18H27N3O3S/c1-4-21(11-17(22)23)14-9-13(10-14)19-18(24)20-15-7-5-6-8-16(15)25-12(2)3/h5-8,12-14H,4,9-11H2,1-3H3,(H,22,23)(H2,19,20,24). The third kappa shape index (κ3) is 5.93. The topological polar surface area (TPSA) is 81.7 Å². The molecule has 1 aromatic rings. The molecule has 6 nitrogen and oxygen atoms in total. The number of likely N-dealkylation sites (N-methyl/N-ethyl adjacent to an activating group) is 1. The highest BCUT2D eigenvalue weighted by atomic mass is 32.2. The highest BCUT2D eigenvalue weighted by Gasteiger charge is 2.34. The smallest absolute Gasteiger partial charge is 0.319 e. The molecule has 0 aliphatic heterocycles. The fraction of sp³-hybridized carbons (Fsp3) is 0.556. The zero-order valence-corrected chi connectivity index (χ0v) is 15.8. The van der Waals surface area contributed by atoms with Crippen molar-refractivity contribution in [3.63, 3.8) is 0 Å². The molecule has 1 aliphatic rings. The van der Waals surface area contributed by atoms with Gasteiger partial charge in [-0.25, -0.2) is 4.79 Å². The van der Waals surface area contributed by atoms with Gasteiger partial charge in [0, 0.05) is 22.2 Å². The van der Waals surface area contributed by atoms with Gasteiger partial charge in [-0.05, 0) is 31.5 Å². The summed E-state index contributed by atoms with van der Waals surface area (Å²) in [7, 11) is 0. The van der Waals surface area contributed by atoms with E-state index in [1.54, 1.807) is 11.8 Å². The van der Waals surface area contributed by atoms with Crippen molar-refractivity contribution >= 4 is 29.4 Å². The van der Waals surface area contributed by atoms with E-state index in [-0.39, 0.29) is 24.7 Å². The molecule has 0 unspecified atom stereocenters. The summed E-state index contributed by atoms with van der Waals surface area (Å²) in [5.41, 5.74) is 0.815. The second-order valence-corrected chi connectivity index (χ2v) is 8.16. The molecule has 0 aromatic heterocycles. The number of nitrogens with zero attached hydrogens (tertiary/aromatic N) is 1. The van der Waals surface area contributed by atoms with E-state index < -0.39 is 5.97 Å². The number of hydrogen-bond acceptors (Lipinski definition) is 4. The average molecular weight is 365 g/mol. The number of hydrogen-bond donors (Lipinski definition) is 3. The third-order valence-corrected chi connectivity index (χ3v) is 5.29. The lowest BCUT2D eigenvalue weighted by Gasteiger charge is -2.42. The number of thioether (sulfide) groups is 1. The molecule has 0 spiro atoms. The number of carboxylic acid groups (broad SMARTS) is 1. The van der Waals surface area contributed by atoms with Crippen LogP contribution in [0.2, 0.25) is 0 Å². The van der Waals surface area contributed by atoms with Gasteiger partial charge in [0.2, 0.25) is 0 Å². The zero-order valence-electron chi connectivity index (χ0n) is 15.0. The van der Waals surface area contributed by atoms with Gasteiger partial charge in [-0.1, -0.05) is 32.9 Å². The maximum Gasteiger partial charge on any atom is 0.319 e. The summed E-state index contributed by atoms with van der Waals surface area (Å²) in [6.45, 7) is 6.95. The lowest BCUT2D eigenvalue weighted by Crippen LogP contribution is -2.55. The Bertz CT molecular complexity index is 603. The van der Waals surface area contributed by atoms with E-state index in [0.717, 1.165) is 23.4 Å². The number of carboxylic acids is 1. The number of carbonyl (C=O) groups excluding carboxylic acids is 1. The lowest BCUT2D eigenvalue weighted by molar-refractivity contribution is -0.139. The van der Waals surface area contributed by atoms with Crippen molar-refractivity contribution < 1.29 is 14.7 Å². The van der Waals surface area contributed by atoms with Gasteiger partial charge in [-0.15, -0.1) is 11.8 Å². The number of nitrogens with one attached hydrogen (secondary N) is 2. The summed E-state index contributed by atoms with van der Waals surface area (Å²) in [6.07, 6.45) is 1.58. The number of para-hydroxylation sites is 1. The SMILES string of the molecule is CCN(CC(=O)O)C1CC(NC(=O)Nc2ccccc2SC(C)C)C1. The van der Waals surface area contributed by atoms with Gasteiger partial charge in [0.1, 0.15) is 0 Å². The number of rotatable bonds is 8. The molecule has 3 N–H and O–H groups in total. The highest BCUT2D eigenvalue weighted by Crippen LogP contribution is 2.30. The van der Waals surface area contributed by atoms with Crippen molar-refractivity contribution in [1.82, 2.24) is 10.2 Å². The minimum atomic E-state index is -0.810. The Morgan fingerprint density at radius 2 is 2.00 bits per heavy atom. The fourth-order valence-corrected chi connectivity index (χ4v) is 3.86. The molecule has 2 amide bonds. The Morgan fingerprint density at radius 1 is 1.32 bits per heavy atom. The van der Waals surface area contributed by atoms with Gasteiger partial charge < -0.3 is 15.7 Å². The quantitative estimate of drug-likeness (QED) is 0.616. The molecule has 0 saturated heterocycles. The highest BCUT2D eigenvalue weighted by molar-refractivity contribution is 8.00. The third-order valence-electron chi connectivity index (χ3n) is 4.21. The molecule has 25 heavy (non-hydrogen) atoms. The van der Waals surface area contributed by atoms with Crippen LogP contribution in [0.1, 0.15) is 33.6 Å². The summed E-state index contributed by atoms with van der Waals surface area (Å²) >= 11 is 1.71. The maximum atomic E-state index is 12.2. The van der Waals surface area contributed by atoms with Crippen LogP contribution in [0.3, 0.4) is 0 Å². The molecular weight excluding hydrogens is 338 g/mol. The molecule has 0 bridgehead atoms. The first-order valence-corrected chi connectivity index (χ1v) is 9.56. The van der Waals surface area contributed by atoms with Crippen molar-refractivity contribution in [3.8, 4) is 0 Å². The molecular formula is C18H27N3O3S. The minimum Gasteiger partial charge on any atom is -0.480 e. The fourth-order valence-electron chi connectivity index (χ4n) is 2.95. The predicted octanol–water partition coefficient (Wildman–Crippen LogP) is 3.25. The molecule has 0 radical (unpaired) electrons. The van der Waals surface area contributed by atoms with Crippen LogP contribution in [0, 0.1) is 0 Å². The number of aliphatic carboxylic acids is 1. The van der Waals surface area contributed by atoms with Crippen molar-refractivity contribution in [2.45, 2.75) is 55.8 Å². The average Bonchev–Trinajstić information content (AvgIpc) is 2.49. The van der Waals surface area contributed by atoms with Gasteiger partial charge in [0.15, 0.2) is 0 Å². The van der Waals surface area contributed by atoms with E-state index in [0.29, 0.717) is 11.8 Å². The Kier molecular flexibility index (Phi) is 7.13. The molecule has 1 aromatic carbocycles. The van der Waals surface area contributed by atoms with Crippen molar-refractivity contribution in [1.29, 1.82) is 0 Å². The predicted molar refractivity (Wildman–Crippen MR) is 101 cm³/mol. The van der Waals surface area contributed by atoms with Crippen LogP contribution in [0.15, 0.2) is 29.2 Å². The largest absolute Gasteiger partial charge is 0.480 e. The van der Waals surface area contributed by atoms with Crippen LogP contribution in [0.25, 0.3) is 0 Å². The van der Waals surface area contributed by atoms with Crippen molar-refractivity contribution in [2.75, 3.05) is 18.4 Å². The Morgan fingerprint density at radius 3 is 2.60 bits per heavy atom. The van der Waals surface area contributed by atoms with Gasteiger partial charge in [0.05, 0.1) is 12.2 Å². The zero-order chi connectivity index (χ0) is 18.4. The monoisotopic (exact) mass is 365 g/mol. The van der Waals surface area contributed by atoms with Crippen LogP contribution in [0.5, 0.6) is 0 Å². The summed E-state index contributed by atoms with van der Waals surface area (Å²) in [4.78, 5) is 26.1. The number of urea groups is 1. The first kappa shape index (κ1) is 19.6. The van der Waals surface area contributed by atoms with Crippen LogP contribution in [0.4, 0.5) is 10.5 Å². The summed E-state index contributed by atoms with van der Waals surface area (Å²) in [6, 6.07) is 7.90. The Balaban J connectivity index is 1.82. The number of carbonyl (C=O) groups is 2. The van der Waals surface area contributed by atoms with Crippen molar-refractivity contribution in [3.05, 3.63) is 24.3 Å². The van der Waals surface area contributed by atoms with Gasteiger partial charge >= 0.3 is 12.0 Å². The number of benzene rings is 1. The Hall–Kier alpha value is -1.73. The van der Waals surface area contributed by atoms with Gasteiger partial charge in [-0.2, -0.15) is 0 Å². The summed E-state index contributed by atoms with van der Waals surface area (Å²) in [5.74, 6) is -0.810. The lowest BCUT2D eigenvalue weighted by atomic mass is 9.85. The second kappa shape index (κ2) is 9.10. The van der Waals surface area contributed by atoms with E-state index >= 15 is 0 Å². The van der Waals surface area contributed by atoms with Crippen LogP contribution in [-0.4, -0.2) is 52.4 Å². The van der Waals surface area contributed by atoms with Crippen LogP contribution in [-0.2, 0) is 4.79 Å². The summed E-state index contributed by atoms with van der Waals surface area (Å²) < 4.78 is 0. The number of amides is 2. The van der Waals surface area contributed by atoms with E-state index in [2.05, 4.69) is 24.5 Å². The normalized spacial score (nSPS) is 19.6. The molecule has 7 heteroatoms. The molecule has 2 rings (SSSR count). The molecule has 1 aliphatic carbocycles. The molecule has 0 atom stereocenters. The van der Waals surface area contributed by atoms with E-state index in [1.165, 1.54) is 0 Å². The van der Waals surface area contributed by atoms with E-state index in [4.69, 9.17) is 5.11 Å². The second-order valence-electron chi connectivity index (χ2n) is 6.54. The Labute approximate surface area is 153 Å². The van der Waals surface area contributed by atoms with Gasteiger partial charge in [0.25, 0.3) is 0 Å². The number of anilines is 1.